The fourth-order valence-corrected chi connectivity index (χ4v) is 1.27. The van der Waals surface area contributed by atoms with Crippen LogP contribution < -0.4 is 11.5 Å². The Kier molecular flexibility index (Phi) is 12.0. The van der Waals surface area contributed by atoms with Crippen molar-refractivity contribution >= 4 is 24.9 Å². The number of nitrogen functional groups attached to an aromatic ring is 2. The van der Waals surface area contributed by atoms with Gasteiger partial charge in [-0.2, -0.15) is 0 Å². The van der Waals surface area contributed by atoms with Gasteiger partial charge in [-0.05, 0) is 12.1 Å². The molecule has 12 nitrogen and oxygen atoms in total. The number of nitro benzene ring substituents is 1. The number of non-ortho nitro benzene ring substituents is 1. The van der Waals surface area contributed by atoms with Crippen molar-refractivity contribution in [3.8, 4) is 0 Å². The number of anilines is 2. The molecule has 2 aromatic carbocycles. The lowest BCUT2D eigenvalue weighted by molar-refractivity contribution is -0.384. The average Bonchev–Trinajstić information content (AvgIpc) is 2.66. The number of rotatable bonds is 1. The quantitative estimate of drug-likeness (QED) is 0.167. The minimum absolute atomic E-state index is 0.137. The fraction of sp³-hybridized carbons (Fsp3) is 0. The summed E-state index contributed by atoms with van der Waals surface area (Å²) in [5, 5.41) is 10.0. The SMILES string of the molecule is Nc1ccccc1N.O=P(O)(O)O.O=[N+]([O-])c1ccccc1.c1ncncn1. The van der Waals surface area contributed by atoms with Gasteiger partial charge in [0.25, 0.3) is 5.69 Å². The van der Waals surface area contributed by atoms with Crippen molar-refractivity contribution < 1.29 is 24.2 Å². The van der Waals surface area contributed by atoms with Crippen LogP contribution in [0.2, 0.25) is 0 Å². The molecule has 13 heteroatoms. The van der Waals surface area contributed by atoms with Gasteiger partial charge in [0.15, 0.2) is 0 Å². The van der Waals surface area contributed by atoms with Crippen LogP contribution in [-0.4, -0.2) is 34.6 Å². The van der Waals surface area contributed by atoms with Crippen molar-refractivity contribution in [1.82, 2.24) is 15.0 Å². The van der Waals surface area contributed by atoms with Gasteiger partial charge in [-0.3, -0.25) is 10.1 Å². The van der Waals surface area contributed by atoms with Gasteiger partial charge in [0.2, 0.25) is 0 Å². The van der Waals surface area contributed by atoms with Crippen molar-refractivity contribution in [3.63, 3.8) is 0 Å². The fourth-order valence-electron chi connectivity index (χ4n) is 1.27. The number of para-hydroxylation sites is 3. The molecule has 0 spiro atoms. The summed E-state index contributed by atoms with van der Waals surface area (Å²) < 4.78 is 8.88. The standard InChI is InChI=1S/C6H8N2.C6H5NO2.C3H3N3.H3O4P/c7-5-3-1-2-4-6(5)8;8-7(9)6-4-2-1-3-5-6;1-4-2-6-3-5-1;1-5(2,3)4/h1-4H,7-8H2;1-5H;1-3H;(H3,1,2,3,4). The number of hydrogen-bond acceptors (Lipinski definition) is 8. The van der Waals surface area contributed by atoms with E-state index in [1.807, 2.05) is 12.1 Å². The first-order valence-corrected chi connectivity index (χ1v) is 8.80. The Balaban J connectivity index is 0.000000356. The van der Waals surface area contributed by atoms with Crippen LogP contribution in [0.4, 0.5) is 17.1 Å². The first-order valence-electron chi connectivity index (χ1n) is 7.24. The normalized spacial score (nSPS) is 9.25. The maximum absolute atomic E-state index is 10.0. The van der Waals surface area contributed by atoms with E-state index in [0.717, 1.165) is 0 Å². The molecule has 0 unspecified atom stereocenters. The van der Waals surface area contributed by atoms with Crippen molar-refractivity contribution in [1.29, 1.82) is 0 Å². The highest BCUT2D eigenvalue weighted by Crippen LogP contribution is 2.25. The van der Waals surface area contributed by atoms with Crippen molar-refractivity contribution in [3.05, 3.63) is 83.7 Å². The molecule has 0 radical (unpaired) electrons. The van der Waals surface area contributed by atoms with Crippen LogP contribution in [0.15, 0.2) is 73.6 Å². The van der Waals surface area contributed by atoms with E-state index in [4.69, 9.17) is 30.7 Å². The highest BCUT2D eigenvalue weighted by Gasteiger charge is 2.00. The predicted molar refractivity (Wildman–Crippen MR) is 102 cm³/mol. The maximum atomic E-state index is 10.0. The Labute approximate surface area is 159 Å². The lowest BCUT2D eigenvalue weighted by Crippen LogP contribution is -1.91. The summed E-state index contributed by atoms with van der Waals surface area (Å²) in [6.07, 6.45) is 4.31. The Hall–Kier alpha value is -3.44. The average molecular weight is 410 g/mol. The van der Waals surface area contributed by atoms with E-state index in [0.29, 0.717) is 11.4 Å². The molecule has 0 amide bonds. The topological polar surface area (TPSA) is 212 Å². The third-order valence-corrected chi connectivity index (χ3v) is 2.36. The minimum atomic E-state index is -4.64. The molecule has 150 valence electrons. The van der Waals surface area contributed by atoms with Crippen LogP contribution in [0.1, 0.15) is 0 Å². The van der Waals surface area contributed by atoms with Gasteiger partial charge in [0.1, 0.15) is 19.0 Å². The Morgan fingerprint density at radius 2 is 1.11 bits per heavy atom. The predicted octanol–water partition coefficient (Wildman–Crippen LogP) is 1.39. The van der Waals surface area contributed by atoms with Gasteiger partial charge in [0, 0.05) is 12.1 Å². The zero-order valence-corrected chi connectivity index (χ0v) is 15.3. The molecule has 0 fully saturated rings. The van der Waals surface area contributed by atoms with Gasteiger partial charge in [-0.25, -0.2) is 19.5 Å². The number of nitrogens with two attached hydrogens (primary N) is 2. The van der Waals surface area contributed by atoms with E-state index in [-0.39, 0.29) is 5.69 Å². The van der Waals surface area contributed by atoms with Crippen LogP contribution in [0.5, 0.6) is 0 Å². The molecule has 7 N–H and O–H groups in total. The summed E-state index contributed by atoms with van der Waals surface area (Å²) in [6, 6.07) is 15.2. The van der Waals surface area contributed by atoms with Gasteiger partial charge in [-0.15, -0.1) is 0 Å². The van der Waals surface area contributed by atoms with Crippen LogP contribution in [0.25, 0.3) is 0 Å². The third-order valence-electron chi connectivity index (χ3n) is 2.36. The van der Waals surface area contributed by atoms with E-state index in [9.17, 15) is 10.1 Å². The summed E-state index contributed by atoms with van der Waals surface area (Å²) in [5.41, 5.74) is 12.2. The molecule has 0 aliphatic heterocycles. The van der Waals surface area contributed by atoms with Crippen LogP contribution >= 0.6 is 7.82 Å². The number of hydrogen-bond donors (Lipinski definition) is 5. The first kappa shape index (κ1) is 24.6. The summed E-state index contributed by atoms with van der Waals surface area (Å²) in [7, 11) is -4.64. The molecule has 0 aliphatic carbocycles. The van der Waals surface area contributed by atoms with E-state index in [1.54, 1.807) is 30.3 Å². The second-order valence-corrected chi connectivity index (χ2v) is 5.56. The largest absolute Gasteiger partial charge is 0.466 e. The summed E-state index contributed by atoms with van der Waals surface area (Å²) in [4.78, 5) is 41.8. The van der Waals surface area contributed by atoms with Crippen LogP contribution in [-0.2, 0) is 4.57 Å². The second kappa shape index (κ2) is 13.7. The molecular formula is C15H19N6O6P. The van der Waals surface area contributed by atoms with Crippen molar-refractivity contribution in [2.75, 3.05) is 11.5 Å². The zero-order chi connectivity index (χ0) is 21.4. The third kappa shape index (κ3) is 16.1. The van der Waals surface area contributed by atoms with E-state index in [1.165, 1.54) is 31.1 Å². The lowest BCUT2D eigenvalue weighted by atomic mass is 10.3. The molecule has 0 bridgehead atoms. The Morgan fingerprint density at radius 3 is 1.32 bits per heavy atom. The van der Waals surface area contributed by atoms with E-state index in [2.05, 4.69) is 15.0 Å². The van der Waals surface area contributed by atoms with E-state index < -0.39 is 12.7 Å². The van der Waals surface area contributed by atoms with Crippen molar-refractivity contribution in [2.24, 2.45) is 0 Å². The molecule has 0 atom stereocenters. The number of nitro groups is 1. The number of nitrogens with zero attached hydrogens (tertiary/aromatic N) is 4. The van der Waals surface area contributed by atoms with E-state index >= 15 is 0 Å². The molecule has 28 heavy (non-hydrogen) atoms. The molecule has 1 aromatic heterocycles. The maximum Gasteiger partial charge on any atom is 0.466 e. The number of phosphoric acid groups is 1. The molecule has 3 aromatic rings. The summed E-state index contributed by atoms with van der Waals surface area (Å²) >= 11 is 0. The number of aromatic nitrogens is 3. The minimum Gasteiger partial charge on any atom is -0.397 e. The Bertz CT molecular complexity index is 794. The molecule has 3 rings (SSSR count). The molecule has 1 heterocycles. The summed E-state index contributed by atoms with van der Waals surface area (Å²) in [6.45, 7) is 0. The second-order valence-electron chi connectivity index (χ2n) is 4.53. The summed E-state index contributed by atoms with van der Waals surface area (Å²) in [5.74, 6) is 0. The first-order chi connectivity index (χ1) is 13.1. The van der Waals surface area contributed by atoms with Gasteiger partial charge in [-0.1, -0.05) is 30.3 Å². The molecule has 0 saturated carbocycles. The van der Waals surface area contributed by atoms with Crippen LogP contribution in [0.3, 0.4) is 0 Å². The Morgan fingerprint density at radius 1 is 0.786 bits per heavy atom. The zero-order valence-electron chi connectivity index (χ0n) is 14.4. The molecule has 0 aliphatic rings. The molecular weight excluding hydrogens is 391 g/mol. The van der Waals surface area contributed by atoms with Gasteiger partial charge < -0.3 is 26.1 Å². The monoisotopic (exact) mass is 410 g/mol. The van der Waals surface area contributed by atoms with Crippen LogP contribution in [0, 0.1) is 10.1 Å². The van der Waals surface area contributed by atoms with Gasteiger partial charge in [0.05, 0.1) is 16.3 Å². The smallest absolute Gasteiger partial charge is 0.397 e. The number of benzene rings is 2. The lowest BCUT2D eigenvalue weighted by Gasteiger charge is -1.94. The molecule has 0 saturated heterocycles. The van der Waals surface area contributed by atoms with Gasteiger partial charge >= 0.3 is 7.82 Å². The highest BCUT2D eigenvalue weighted by molar-refractivity contribution is 7.45. The van der Waals surface area contributed by atoms with Crippen molar-refractivity contribution in [2.45, 2.75) is 0 Å². The highest BCUT2D eigenvalue weighted by atomic mass is 31.2.